The number of aliphatic hydroxyl groups excluding tert-OH is 1. The Morgan fingerprint density at radius 3 is 2.35 bits per heavy atom. The molecule has 0 spiro atoms. The number of hydrogen-bond acceptors (Lipinski definition) is 3. The third-order valence-corrected chi connectivity index (χ3v) is 2.77. The van der Waals surface area contributed by atoms with Gasteiger partial charge in [-0.3, -0.25) is 0 Å². The van der Waals surface area contributed by atoms with Gasteiger partial charge >= 0.3 is 6.09 Å². The van der Waals surface area contributed by atoms with Gasteiger partial charge in [0, 0.05) is 0 Å². The van der Waals surface area contributed by atoms with Crippen LogP contribution in [0.15, 0.2) is 30.3 Å². The third kappa shape index (κ3) is 6.57. The molecule has 2 atom stereocenters. The predicted octanol–water partition coefficient (Wildman–Crippen LogP) is 3.41. The largest absolute Gasteiger partial charge is 0.444 e. The Balaban J connectivity index is 2.71. The second kappa shape index (κ2) is 7.29. The Labute approximate surface area is 121 Å². The lowest BCUT2D eigenvalue weighted by Crippen LogP contribution is -2.35. The van der Waals surface area contributed by atoms with Crippen molar-refractivity contribution in [2.75, 3.05) is 0 Å². The average Bonchev–Trinajstić information content (AvgIpc) is 2.33. The summed E-state index contributed by atoms with van der Waals surface area (Å²) < 4.78 is 5.28. The van der Waals surface area contributed by atoms with Crippen molar-refractivity contribution in [3.63, 3.8) is 0 Å². The highest BCUT2D eigenvalue weighted by Gasteiger charge is 2.20. The van der Waals surface area contributed by atoms with Crippen LogP contribution in [0.4, 0.5) is 4.79 Å². The maximum Gasteiger partial charge on any atom is 0.408 e. The Morgan fingerprint density at radius 2 is 1.85 bits per heavy atom. The van der Waals surface area contributed by atoms with E-state index in [1.807, 2.05) is 51.1 Å². The molecule has 2 unspecified atom stereocenters. The zero-order chi connectivity index (χ0) is 15.2. The third-order valence-electron chi connectivity index (χ3n) is 2.77. The highest BCUT2D eigenvalue weighted by molar-refractivity contribution is 5.68. The van der Waals surface area contributed by atoms with Crippen LogP contribution >= 0.6 is 0 Å². The van der Waals surface area contributed by atoms with Gasteiger partial charge in [-0.15, -0.1) is 0 Å². The molecule has 0 aromatic heterocycles. The van der Waals surface area contributed by atoms with Crippen LogP contribution in [-0.2, 0) is 4.74 Å². The van der Waals surface area contributed by atoms with Crippen LogP contribution in [0.5, 0.6) is 0 Å². The topological polar surface area (TPSA) is 58.6 Å². The SMILES string of the molecule is CC(O)CCC(NC(=O)OC(C)(C)C)c1ccccc1. The lowest BCUT2D eigenvalue weighted by Gasteiger charge is -2.24. The van der Waals surface area contributed by atoms with Crippen LogP contribution in [0.1, 0.15) is 52.1 Å². The Morgan fingerprint density at radius 1 is 1.25 bits per heavy atom. The van der Waals surface area contributed by atoms with Crippen molar-refractivity contribution in [1.82, 2.24) is 5.32 Å². The van der Waals surface area contributed by atoms with Crippen LogP contribution in [0.25, 0.3) is 0 Å². The van der Waals surface area contributed by atoms with E-state index in [1.165, 1.54) is 0 Å². The molecule has 0 heterocycles. The fourth-order valence-electron chi connectivity index (χ4n) is 1.87. The number of rotatable bonds is 5. The Kier molecular flexibility index (Phi) is 6.02. The van der Waals surface area contributed by atoms with E-state index in [0.717, 1.165) is 5.56 Å². The molecule has 4 heteroatoms. The minimum Gasteiger partial charge on any atom is -0.444 e. The van der Waals surface area contributed by atoms with Crippen molar-refractivity contribution >= 4 is 6.09 Å². The number of benzene rings is 1. The van der Waals surface area contributed by atoms with Crippen molar-refractivity contribution in [3.8, 4) is 0 Å². The van der Waals surface area contributed by atoms with Gasteiger partial charge in [0.15, 0.2) is 0 Å². The summed E-state index contributed by atoms with van der Waals surface area (Å²) in [5, 5.41) is 12.3. The Hall–Kier alpha value is -1.55. The van der Waals surface area contributed by atoms with Crippen molar-refractivity contribution in [1.29, 1.82) is 0 Å². The maximum absolute atomic E-state index is 11.9. The molecule has 0 aliphatic carbocycles. The number of aliphatic hydroxyl groups is 1. The van der Waals surface area contributed by atoms with Gasteiger partial charge in [0.25, 0.3) is 0 Å². The smallest absolute Gasteiger partial charge is 0.408 e. The molecule has 0 radical (unpaired) electrons. The van der Waals surface area contributed by atoms with E-state index < -0.39 is 11.7 Å². The minimum atomic E-state index is -0.518. The van der Waals surface area contributed by atoms with Crippen LogP contribution in [0.3, 0.4) is 0 Å². The summed E-state index contributed by atoms with van der Waals surface area (Å²) in [5.41, 5.74) is 0.495. The van der Waals surface area contributed by atoms with Gasteiger partial charge in [-0.2, -0.15) is 0 Å². The highest BCUT2D eigenvalue weighted by Crippen LogP contribution is 2.20. The van der Waals surface area contributed by atoms with E-state index in [0.29, 0.717) is 12.8 Å². The Bertz CT molecular complexity index is 409. The van der Waals surface area contributed by atoms with Crippen LogP contribution in [0, 0.1) is 0 Å². The molecule has 0 aliphatic rings. The van der Waals surface area contributed by atoms with Gasteiger partial charge in [-0.25, -0.2) is 4.79 Å². The van der Waals surface area contributed by atoms with E-state index in [2.05, 4.69) is 5.32 Å². The number of carbonyl (C=O) groups is 1. The molecule has 0 fully saturated rings. The number of ether oxygens (including phenoxy) is 1. The molecule has 112 valence electrons. The number of amides is 1. The van der Waals surface area contributed by atoms with Crippen LogP contribution in [0.2, 0.25) is 0 Å². The minimum absolute atomic E-state index is 0.152. The van der Waals surface area contributed by atoms with E-state index in [-0.39, 0.29) is 12.1 Å². The first-order valence-corrected chi connectivity index (χ1v) is 7.00. The summed E-state index contributed by atoms with van der Waals surface area (Å²) >= 11 is 0. The molecule has 0 saturated heterocycles. The second-order valence-electron chi connectivity index (χ2n) is 6.04. The standard InChI is InChI=1S/C16H25NO3/c1-12(18)10-11-14(13-8-6-5-7-9-13)17-15(19)20-16(2,3)4/h5-9,12,14,18H,10-11H2,1-4H3,(H,17,19). The monoisotopic (exact) mass is 279 g/mol. The number of alkyl carbamates (subject to hydrolysis) is 1. The van der Waals surface area contributed by atoms with Crippen molar-refractivity contribution in [2.24, 2.45) is 0 Å². The van der Waals surface area contributed by atoms with Crippen LogP contribution in [-0.4, -0.2) is 22.9 Å². The van der Waals surface area contributed by atoms with Gasteiger partial charge in [-0.1, -0.05) is 30.3 Å². The summed E-state index contributed by atoms with van der Waals surface area (Å²) in [7, 11) is 0. The molecule has 1 aromatic carbocycles. The first-order chi connectivity index (χ1) is 9.28. The molecular weight excluding hydrogens is 254 g/mol. The molecule has 1 aromatic rings. The second-order valence-corrected chi connectivity index (χ2v) is 6.04. The van der Waals surface area contributed by atoms with Gasteiger partial charge < -0.3 is 15.2 Å². The highest BCUT2D eigenvalue weighted by atomic mass is 16.6. The van der Waals surface area contributed by atoms with E-state index >= 15 is 0 Å². The molecule has 0 bridgehead atoms. The van der Waals surface area contributed by atoms with Crippen molar-refractivity contribution in [3.05, 3.63) is 35.9 Å². The van der Waals surface area contributed by atoms with E-state index in [9.17, 15) is 9.90 Å². The number of carbonyl (C=O) groups excluding carboxylic acids is 1. The zero-order valence-electron chi connectivity index (χ0n) is 12.7. The summed E-state index contributed by atoms with van der Waals surface area (Å²) in [6.45, 7) is 7.25. The summed E-state index contributed by atoms with van der Waals surface area (Å²) in [6.07, 6.45) is 0.467. The van der Waals surface area contributed by atoms with Gasteiger partial charge in [-0.05, 0) is 46.1 Å². The fourth-order valence-corrected chi connectivity index (χ4v) is 1.87. The average molecular weight is 279 g/mol. The van der Waals surface area contributed by atoms with Crippen molar-refractivity contribution in [2.45, 2.75) is 58.3 Å². The van der Waals surface area contributed by atoms with E-state index in [4.69, 9.17) is 4.74 Å². The molecule has 1 amide bonds. The summed E-state index contributed by atoms with van der Waals surface area (Å²) in [5.74, 6) is 0. The molecule has 2 N–H and O–H groups in total. The number of nitrogens with one attached hydrogen (secondary N) is 1. The molecular formula is C16H25NO3. The summed E-state index contributed by atoms with van der Waals surface area (Å²) in [6, 6.07) is 9.57. The quantitative estimate of drug-likeness (QED) is 0.868. The van der Waals surface area contributed by atoms with Crippen molar-refractivity contribution < 1.29 is 14.6 Å². The maximum atomic E-state index is 11.9. The molecule has 4 nitrogen and oxygen atoms in total. The normalized spacial score (nSPS) is 14.4. The lowest BCUT2D eigenvalue weighted by atomic mass is 10.0. The molecule has 0 saturated carbocycles. The summed E-state index contributed by atoms with van der Waals surface area (Å²) in [4.78, 5) is 11.9. The number of hydrogen-bond donors (Lipinski definition) is 2. The lowest BCUT2D eigenvalue weighted by molar-refractivity contribution is 0.0495. The van der Waals surface area contributed by atoms with Gasteiger partial charge in [0.05, 0.1) is 12.1 Å². The first kappa shape index (κ1) is 16.5. The first-order valence-electron chi connectivity index (χ1n) is 7.00. The van der Waals surface area contributed by atoms with Gasteiger partial charge in [0.2, 0.25) is 0 Å². The predicted molar refractivity (Wildman–Crippen MR) is 79.5 cm³/mol. The molecule has 0 aliphatic heterocycles. The fraction of sp³-hybridized carbons (Fsp3) is 0.562. The molecule has 1 rings (SSSR count). The van der Waals surface area contributed by atoms with Gasteiger partial charge in [0.1, 0.15) is 5.60 Å². The van der Waals surface area contributed by atoms with E-state index in [1.54, 1.807) is 6.92 Å². The van der Waals surface area contributed by atoms with Crippen LogP contribution < -0.4 is 5.32 Å². The molecule has 20 heavy (non-hydrogen) atoms. The zero-order valence-corrected chi connectivity index (χ0v) is 12.7.